The van der Waals surface area contributed by atoms with Crippen LogP contribution in [0.25, 0.3) is 17.2 Å². The Balaban J connectivity index is 1.30. The monoisotopic (exact) mass is 485 g/mol. The molecule has 3 fully saturated rings. The lowest BCUT2D eigenvalue weighted by atomic mass is 10.1. The van der Waals surface area contributed by atoms with Crippen LogP contribution in [0.2, 0.25) is 0 Å². The van der Waals surface area contributed by atoms with E-state index in [0.29, 0.717) is 22.5 Å². The number of fused-ring (bicyclic) bond motifs is 2. The fourth-order valence-electron chi connectivity index (χ4n) is 4.81. The molecule has 2 unspecified atom stereocenters. The van der Waals surface area contributed by atoms with Gasteiger partial charge in [-0.25, -0.2) is 23.7 Å². The number of nitrogens with one attached hydrogen (secondary N) is 1. The van der Waals surface area contributed by atoms with Crippen molar-refractivity contribution in [1.29, 1.82) is 0 Å². The van der Waals surface area contributed by atoms with Gasteiger partial charge in [0.05, 0.1) is 19.0 Å². The van der Waals surface area contributed by atoms with E-state index in [9.17, 15) is 8.78 Å². The second-order valence-corrected chi connectivity index (χ2v) is 9.30. The Morgan fingerprint density at radius 1 is 1.14 bits per heavy atom. The van der Waals surface area contributed by atoms with Crippen molar-refractivity contribution >= 4 is 23.1 Å². The van der Waals surface area contributed by atoms with Crippen LogP contribution in [0.15, 0.2) is 43.0 Å². The minimum absolute atomic E-state index is 0.208. The number of hydrogen-bond donors (Lipinski definition) is 1. The van der Waals surface area contributed by atoms with Crippen LogP contribution in [0, 0.1) is 5.82 Å². The lowest BCUT2D eigenvalue weighted by molar-refractivity contribution is -0.191. The van der Waals surface area contributed by atoms with Gasteiger partial charge in [0.25, 0.3) is 0 Å². The van der Waals surface area contributed by atoms with E-state index in [0.717, 1.165) is 0 Å². The first kappa shape index (κ1) is 22.5. The second-order valence-electron chi connectivity index (χ2n) is 9.30. The molecule has 0 bridgehead atoms. The Hall–Kier alpha value is -2.99. The number of anilines is 1. The zero-order chi connectivity index (χ0) is 24.2. The second kappa shape index (κ2) is 8.59. The van der Waals surface area contributed by atoms with Crippen LogP contribution < -0.4 is 5.32 Å². The zero-order valence-corrected chi connectivity index (χ0v) is 19.2. The summed E-state index contributed by atoms with van der Waals surface area (Å²) in [7, 11) is 0. The molecule has 0 saturated carbocycles. The number of hydrogen-bond acceptors (Lipinski definition) is 8. The van der Waals surface area contributed by atoms with Gasteiger partial charge < -0.3 is 24.3 Å². The van der Waals surface area contributed by atoms with Gasteiger partial charge >= 0.3 is 0 Å². The molecule has 6 atom stereocenters. The molecule has 3 aliphatic heterocycles. The lowest BCUT2D eigenvalue weighted by Gasteiger charge is -2.24. The third kappa shape index (κ3) is 4.18. The molecule has 6 rings (SSSR count). The van der Waals surface area contributed by atoms with E-state index in [2.05, 4.69) is 20.3 Å². The molecule has 1 aromatic carbocycles. The first-order valence-electron chi connectivity index (χ1n) is 11.5. The summed E-state index contributed by atoms with van der Waals surface area (Å²) in [6, 6.07) is 6.32. The third-order valence-corrected chi connectivity index (χ3v) is 6.36. The van der Waals surface area contributed by atoms with Gasteiger partial charge in [-0.2, -0.15) is 0 Å². The lowest BCUT2D eigenvalue weighted by Crippen LogP contribution is -2.28. The van der Waals surface area contributed by atoms with Crippen LogP contribution in [0.3, 0.4) is 0 Å². The number of aromatic nitrogens is 4. The summed E-state index contributed by atoms with van der Waals surface area (Å²) in [6.45, 7) is 3.94. The number of ether oxygens (including phenoxy) is 4. The summed E-state index contributed by atoms with van der Waals surface area (Å²) in [6.07, 6.45) is 3.53. The minimum Gasteiger partial charge on any atom is -0.363 e. The standard InChI is InChI=1S/C24H25F2N5O4/c1-24(2)34-19-16(8-7-13-5-3-4-6-15(13)25)33-23(20(19)35-24)31-12-29-18-21(27-11-28-22(18)31)30-14-9-17(26)32-10-14/h3-8,11-12,14,16-17,19-20,23H,9-10H2,1-2H3,(H,27,28,30)/t14?,16-,17?,19-,20-,23-/m1/s1. The number of rotatable bonds is 5. The van der Waals surface area contributed by atoms with Crippen LogP contribution in [0.4, 0.5) is 14.6 Å². The summed E-state index contributed by atoms with van der Waals surface area (Å²) in [5.74, 6) is -0.640. The van der Waals surface area contributed by atoms with E-state index in [4.69, 9.17) is 18.9 Å². The predicted molar refractivity (Wildman–Crippen MR) is 121 cm³/mol. The molecule has 1 N–H and O–H groups in total. The smallest absolute Gasteiger partial charge is 0.200 e. The fourth-order valence-corrected chi connectivity index (χ4v) is 4.81. The van der Waals surface area contributed by atoms with Gasteiger partial charge in [0, 0.05) is 12.0 Å². The maximum absolute atomic E-state index is 14.1. The van der Waals surface area contributed by atoms with Crippen LogP contribution in [0.5, 0.6) is 0 Å². The van der Waals surface area contributed by atoms with Crippen molar-refractivity contribution < 1.29 is 27.7 Å². The quantitative estimate of drug-likeness (QED) is 0.586. The molecule has 0 amide bonds. The Bertz CT molecular complexity index is 1270. The predicted octanol–water partition coefficient (Wildman–Crippen LogP) is 3.59. The van der Waals surface area contributed by atoms with E-state index in [-0.39, 0.29) is 24.9 Å². The first-order chi connectivity index (χ1) is 16.9. The van der Waals surface area contributed by atoms with Crippen molar-refractivity contribution in [2.24, 2.45) is 0 Å². The summed E-state index contributed by atoms with van der Waals surface area (Å²) in [5.41, 5.74) is 1.52. The van der Waals surface area contributed by atoms with E-state index in [1.807, 2.05) is 13.8 Å². The van der Waals surface area contributed by atoms with Crippen molar-refractivity contribution in [3.63, 3.8) is 0 Å². The molecular weight excluding hydrogens is 460 g/mol. The van der Waals surface area contributed by atoms with Crippen LogP contribution in [-0.2, 0) is 18.9 Å². The van der Waals surface area contributed by atoms with Gasteiger partial charge in [-0.3, -0.25) is 4.57 Å². The number of nitrogens with zero attached hydrogens (tertiary/aromatic N) is 4. The number of alkyl halides is 1. The molecule has 184 valence electrons. The van der Waals surface area contributed by atoms with Crippen LogP contribution >= 0.6 is 0 Å². The normalized spacial score (nSPS) is 32.0. The number of halogens is 2. The Morgan fingerprint density at radius 3 is 2.77 bits per heavy atom. The highest BCUT2D eigenvalue weighted by Crippen LogP contribution is 2.44. The molecule has 9 nitrogen and oxygen atoms in total. The van der Waals surface area contributed by atoms with E-state index in [1.165, 1.54) is 12.4 Å². The van der Waals surface area contributed by atoms with Gasteiger partial charge in [0.1, 0.15) is 30.5 Å². The molecule has 3 aromatic rings. The fraction of sp³-hybridized carbons (Fsp3) is 0.458. The van der Waals surface area contributed by atoms with Gasteiger partial charge in [-0.15, -0.1) is 0 Å². The minimum atomic E-state index is -1.29. The molecular formula is C24H25F2N5O4. The molecule has 3 saturated heterocycles. The molecule has 5 heterocycles. The topological polar surface area (TPSA) is 92.6 Å². The van der Waals surface area contributed by atoms with Crippen molar-refractivity contribution in [3.05, 3.63) is 54.4 Å². The van der Waals surface area contributed by atoms with Gasteiger partial charge in [0.15, 0.2) is 29.0 Å². The Labute approximate surface area is 200 Å². The average Bonchev–Trinajstić information content (AvgIpc) is 3.57. The summed E-state index contributed by atoms with van der Waals surface area (Å²) < 4.78 is 53.0. The highest BCUT2D eigenvalue weighted by atomic mass is 19.1. The first-order valence-corrected chi connectivity index (χ1v) is 11.5. The third-order valence-electron chi connectivity index (χ3n) is 6.36. The zero-order valence-electron chi connectivity index (χ0n) is 19.2. The summed E-state index contributed by atoms with van der Waals surface area (Å²) >= 11 is 0. The largest absolute Gasteiger partial charge is 0.363 e. The van der Waals surface area contributed by atoms with Crippen LogP contribution in [-0.4, -0.2) is 62.6 Å². The van der Waals surface area contributed by atoms with E-state index in [1.54, 1.807) is 41.2 Å². The molecule has 35 heavy (non-hydrogen) atoms. The highest BCUT2D eigenvalue weighted by molar-refractivity contribution is 5.82. The molecule has 3 aliphatic rings. The molecule has 0 radical (unpaired) electrons. The summed E-state index contributed by atoms with van der Waals surface area (Å²) in [4.78, 5) is 13.2. The highest BCUT2D eigenvalue weighted by Gasteiger charge is 2.55. The molecule has 2 aromatic heterocycles. The van der Waals surface area contributed by atoms with Crippen molar-refractivity contribution in [2.45, 2.75) is 63.0 Å². The van der Waals surface area contributed by atoms with E-state index < -0.39 is 36.7 Å². The van der Waals surface area contributed by atoms with Crippen LogP contribution in [0.1, 0.15) is 32.1 Å². The Morgan fingerprint density at radius 2 is 1.97 bits per heavy atom. The van der Waals surface area contributed by atoms with Crippen molar-refractivity contribution in [3.8, 4) is 0 Å². The Kier molecular flexibility index (Phi) is 5.52. The average molecular weight is 485 g/mol. The summed E-state index contributed by atoms with van der Waals surface area (Å²) in [5, 5.41) is 3.19. The SMILES string of the molecule is CC1(C)O[C@@H]2[C@H](O1)[C@@H](C=Cc1ccccc1F)O[C@H]2n1cnc2c(NC3COC(F)C3)ncnc21. The number of benzene rings is 1. The van der Waals surface area contributed by atoms with Gasteiger partial charge in [0.2, 0.25) is 6.36 Å². The van der Waals surface area contributed by atoms with Crippen molar-refractivity contribution in [2.75, 3.05) is 11.9 Å². The molecule has 0 aliphatic carbocycles. The van der Waals surface area contributed by atoms with Gasteiger partial charge in [-0.05, 0) is 19.9 Å². The maximum atomic E-state index is 14.1. The molecule has 11 heteroatoms. The number of imidazole rings is 1. The van der Waals surface area contributed by atoms with E-state index >= 15 is 0 Å². The molecule has 0 spiro atoms. The maximum Gasteiger partial charge on any atom is 0.200 e. The van der Waals surface area contributed by atoms with Crippen molar-refractivity contribution in [1.82, 2.24) is 19.5 Å². The van der Waals surface area contributed by atoms with Gasteiger partial charge in [-0.1, -0.05) is 30.4 Å².